The first kappa shape index (κ1) is 27.5. The minimum absolute atomic E-state index is 0.0874. The molecule has 200 valence electrons. The highest BCUT2D eigenvalue weighted by atomic mass is 16.5. The summed E-state index contributed by atoms with van der Waals surface area (Å²) >= 11 is 0. The molecule has 13 nitrogen and oxygen atoms in total. The molecule has 1 unspecified atom stereocenters. The van der Waals surface area contributed by atoms with Gasteiger partial charge in [0.05, 0.1) is 12.8 Å². The largest absolute Gasteiger partial charge is 0.493 e. The van der Waals surface area contributed by atoms with Gasteiger partial charge in [-0.3, -0.25) is 14.8 Å². The second kappa shape index (κ2) is 12.3. The number of carboxylic acid groups (broad SMARTS) is 1. The highest BCUT2D eigenvalue weighted by molar-refractivity contribution is 5.94. The van der Waals surface area contributed by atoms with Gasteiger partial charge in [-0.25, -0.2) is 14.4 Å². The van der Waals surface area contributed by atoms with E-state index in [0.717, 1.165) is 22.1 Å². The fourth-order valence-corrected chi connectivity index (χ4v) is 3.74. The number of aromatic amines is 1. The monoisotopic (exact) mass is 524 g/mol. The van der Waals surface area contributed by atoms with Crippen molar-refractivity contribution in [1.82, 2.24) is 19.8 Å². The highest BCUT2D eigenvalue weighted by Gasteiger charge is 2.27. The van der Waals surface area contributed by atoms with Crippen molar-refractivity contribution < 1.29 is 29.3 Å². The average molecular weight is 525 g/mol. The lowest BCUT2D eigenvalue weighted by molar-refractivity contribution is -0.143. The van der Waals surface area contributed by atoms with Crippen molar-refractivity contribution in [3.8, 4) is 5.88 Å². The number of nitrogen functional groups attached to an aromatic ring is 1. The SMILES string of the molecule is COC(=O)C(NC(=O)N(CCn1c(O)c(Cc2ccc(C(=N)N)cc2)[nH]c1=O)CC(=O)O)c1ccccc1. The number of carbonyl (C=O) groups is 3. The van der Waals surface area contributed by atoms with Crippen LogP contribution in [-0.2, 0) is 27.3 Å². The van der Waals surface area contributed by atoms with Crippen LogP contribution in [0.1, 0.15) is 28.4 Å². The summed E-state index contributed by atoms with van der Waals surface area (Å²) in [6, 6.07) is 12.9. The summed E-state index contributed by atoms with van der Waals surface area (Å²) in [5, 5.41) is 29.9. The van der Waals surface area contributed by atoms with Gasteiger partial charge in [0.1, 0.15) is 12.4 Å². The van der Waals surface area contributed by atoms with Gasteiger partial charge < -0.3 is 35.9 Å². The van der Waals surface area contributed by atoms with Crippen molar-refractivity contribution in [2.24, 2.45) is 5.73 Å². The first-order chi connectivity index (χ1) is 18.1. The van der Waals surface area contributed by atoms with Gasteiger partial charge in [0, 0.05) is 25.1 Å². The number of imidazole rings is 1. The summed E-state index contributed by atoms with van der Waals surface area (Å²) < 4.78 is 5.75. The first-order valence-corrected chi connectivity index (χ1v) is 11.4. The molecular weight excluding hydrogens is 496 g/mol. The molecule has 7 N–H and O–H groups in total. The Balaban J connectivity index is 1.75. The molecule has 38 heavy (non-hydrogen) atoms. The van der Waals surface area contributed by atoms with E-state index in [1.807, 2.05) is 0 Å². The van der Waals surface area contributed by atoms with E-state index in [-0.39, 0.29) is 36.9 Å². The molecular formula is C25H28N6O7. The molecule has 0 aliphatic rings. The Morgan fingerprint density at radius 3 is 2.39 bits per heavy atom. The number of nitrogens with zero attached hydrogens (tertiary/aromatic N) is 2. The lowest BCUT2D eigenvalue weighted by Crippen LogP contribution is -2.47. The zero-order valence-corrected chi connectivity index (χ0v) is 20.5. The molecule has 13 heteroatoms. The molecule has 0 aliphatic heterocycles. The van der Waals surface area contributed by atoms with Gasteiger partial charge in [-0.1, -0.05) is 54.6 Å². The van der Waals surface area contributed by atoms with Crippen molar-refractivity contribution >= 4 is 23.8 Å². The van der Waals surface area contributed by atoms with Crippen LogP contribution >= 0.6 is 0 Å². The summed E-state index contributed by atoms with van der Waals surface area (Å²) in [5.74, 6) is -2.51. The summed E-state index contributed by atoms with van der Waals surface area (Å²) in [4.78, 5) is 52.6. The normalized spacial score (nSPS) is 11.4. The molecule has 1 aromatic heterocycles. The van der Waals surface area contributed by atoms with Crippen molar-refractivity contribution in [3.05, 3.63) is 87.5 Å². The number of benzene rings is 2. The second-order valence-corrected chi connectivity index (χ2v) is 8.30. The first-order valence-electron chi connectivity index (χ1n) is 11.4. The maximum atomic E-state index is 13.0. The van der Waals surface area contributed by atoms with Crippen molar-refractivity contribution in [2.75, 3.05) is 20.2 Å². The number of hydrogen-bond donors (Lipinski definition) is 6. The molecule has 0 saturated carbocycles. The smallest absolute Gasteiger partial charge is 0.333 e. The number of aromatic nitrogens is 2. The third-order valence-corrected chi connectivity index (χ3v) is 5.72. The van der Waals surface area contributed by atoms with Crippen LogP contribution in [0.2, 0.25) is 0 Å². The number of nitrogens with one attached hydrogen (secondary N) is 3. The van der Waals surface area contributed by atoms with Crippen LogP contribution in [0.5, 0.6) is 5.88 Å². The molecule has 0 aliphatic carbocycles. The van der Waals surface area contributed by atoms with E-state index < -0.39 is 36.2 Å². The lowest BCUT2D eigenvalue weighted by Gasteiger charge is -2.24. The molecule has 1 atom stereocenters. The Labute approximate surface area is 217 Å². The minimum Gasteiger partial charge on any atom is -0.493 e. The zero-order valence-electron chi connectivity index (χ0n) is 20.5. The van der Waals surface area contributed by atoms with Crippen LogP contribution in [0.4, 0.5) is 4.79 Å². The van der Waals surface area contributed by atoms with E-state index in [4.69, 9.17) is 15.9 Å². The highest BCUT2D eigenvalue weighted by Crippen LogP contribution is 2.18. The van der Waals surface area contributed by atoms with Gasteiger partial charge in [0.2, 0.25) is 5.88 Å². The molecule has 0 saturated heterocycles. The molecule has 0 fully saturated rings. The lowest BCUT2D eigenvalue weighted by atomic mass is 10.1. The Hall–Kier alpha value is -5.07. The van der Waals surface area contributed by atoms with E-state index in [9.17, 15) is 29.4 Å². The summed E-state index contributed by atoms with van der Waals surface area (Å²) in [7, 11) is 1.16. The fourth-order valence-electron chi connectivity index (χ4n) is 3.74. The molecule has 2 amide bonds. The quantitative estimate of drug-likeness (QED) is 0.120. The number of hydrogen-bond acceptors (Lipinski definition) is 7. The van der Waals surface area contributed by atoms with Gasteiger partial charge in [0.25, 0.3) is 0 Å². The maximum Gasteiger partial charge on any atom is 0.333 e. The minimum atomic E-state index is -1.31. The van der Waals surface area contributed by atoms with Gasteiger partial charge in [0.15, 0.2) is 6.04 Å². The molecule has 1 heterocycles. The number of esters is 1. The van der Waals surface area contributed by atoms with Gasteiger partial charge in [-0.15, -0.1) is 0 Å². The number of amides is 2. The number of amidine groups is 1. The number of urea groups is 1. The number of aliphatic carboxylic acids is 1. The number of carboxylic acids is 1. The van der Waals surface area contributed by atoms with Crippen molar-refractivity contribution in [2.45, 2.75) is 19.0 Å². The predicted octanol–water partition coefficient (Wildman–Crippen LogP) is 0.767. The molecule has 0 spiro atoms. The Bertz CT molecular complexity index is 1370. The van der Waals surface area contributed by atoms with Gasteiger partial charge in [-0.2, -0.15) is 0 Å². The van der Waals surface area contributed by atoms with Gasteiger partial charge >= 0.3 is 23.7 Å². The summed E-state index contributed by atoms with van der Waals surface area (Å²) in [5.41, 5.74) is 6.72. The van der Waals surface area contributed by atoms with E-state index in [2.05, 4.69) is 10.3 Å². The molecule has 3 rings (SSSR count). The molecule has 0 bridgehead atoms. The summed E-state index contributed by atoms with van der Waals surface area (Å²) in [6.45, 7) is -1.21. The zero-order chi connectivity index (χ0) is 27.8. The number of carbonyl (C=O) groups excluding carboxylic acids is 2. The second-order valence-electron chi connectivity index (χ2n) is 8.30. The summed E-state index contributed by atoms with van der Waals surface area (Å²) in [6.07, 6.45) is 0.170. The number of rotatable bonds is 11. The Morgan fingerprint density at radius 2 is 1.82 bits per heavy atom. The number of methoxy groups -OCH3 is 1. The molecule has 2 aromatic carbocycles. The number of aromatic hydroxyl groups is 1. The molecule has 0 radical (unpaired) electrons. The van der Waals surface area contributed by atoms with Crippen LogP contribution < -0.4 is 16.7 Å². The Kier molecular flexibility index (Phi) is 8.87. The standard InChI is InChI=1S/C25H28N6O7/c1-38-23(35)20(16-5-3-2-4-6-16)29-24(36)30(14-19(32)33)11-12-31-22(34)18(28-25(31)37)13-15-7-9-17(10-8-15)21(26)27/h2-10,20,34H,11-14H2,1H3,(H3,26,27)(H,28,37)(H,29,36)(H,32,33). The van der Waals surface area contributed by atoms with E-state index in [0.29, 0.717) is 11.1 Å². The van der Waals surface area contributed by atoms with Gasteiger partial charge in [-0.05, 0) is 11.1 Å². The van der Waals surface area contributed by atoms with Crippen LogP contribution in [0.25, 0.3) is 0 Å². The third-order valence-electron chi connectivity index (χ3n) is 5.72. The van der Waals surface area contributed by atoms with Crippen LogP contribution in [0, 0.1) is 5.41 Å². The van der Waals surface area contributed by atoms with E-state index in [1.54, 1.807) is 54.6 Å². The van der Waals surface area contributed by atoms with Crippen LogP contribution in [0.15, 0.2) is 59.4 Å². The Morgan fingerprint density at radius 1 is 1.16 bits per heavy atom. The third kappa shape index (κ3) is 6.78. The predicted molar refractivity (Wildman–Crippen MR) is 136 cm³/mol. The number of nitrogens with two attached hydrogens (primary N) is 1. The maximum absolute atomic E-state index is 13.0. The van der Waals surface area contributed by atoms with Crippen molar-refractivity contribution in [3.63, 3.8) is 0 Å². The van der Waals surface area contributed by atoms with E-state index in [1.165, 1.54) is 0 Å². The van der Waals surface area contributed by atoms with E-state index >= 15 is 0 Å². The van der Waals surface area contributed by atoms with Crippen LogP contribution in [-0.4, -0.2) is 68.7 Å². The van der Waals surface area contributed by atoms with Crippen LogP contribution in [0.3, 0.4) is 0 Å². The topological polar surface area (TPSA) is 204 Å². The number of ether oxygens (including phenoxy) is 1. The number of H-pyrrole nitrogens is 1. The fraction of sp³-hybridized carbons (Fsp3) is 0.240. The molecule has 3 aromatic rings. The van der Waals surface area contributed by atoms with Crippen molar-refractivity contribution in [1.29, 1.82) is 5.41 Å². The average Bonchev–Trinajstić information content (AvgIpc) is 3.16.